The van der Waals surface area contributed by atoms with Crippen molar-refractivity contribution in [2.45, 2.75) is 6.92 Å². The molecule has 1 aromatic heterocycles. The molecule has 0 atom stereocenters. The standard InChI is InChI=1S/C26H27N5O5/c1-4-24(33)31-11-12-36-23-10-7-19(15-22(23)31)28-25-21(17(2)32)16-27-26(30-25)29-18-5-8-20(9-6-18)35-14-13-34-3/h4-10,15-16H,1,11-14H2,2-3H3,(H2,27,28,29,30). The molecule has 1 amide bonds. The number of fused-ring (bicyclic) bond motifs is 1. The average molecular weight is 490 g/mol. The van der Waals surface area contributed by atoms with Gasteiger partial charge in [-0.05, 0) is 55.5 Å². The van der Waals surface area contributed by atoms with E-state index in [4.69, 9.17) is 14.2 Å². The van der Waals surface area contributed by atoms with Gasteiger partial charge in [0.1, 0.15) is 30.5 Å². The number of ketones is 1. The maximum absolute atomic E-state index is 12.3. The number of rotatable bonds is 10. The molecular formula is C26H27N5O5. The monoisotopic (exact) mass is 489 g/mol. The molecule has 186 valence electrons. The van der Waals surface area contributed by atoms with Gasteiger partial charge in [-0.25, -0.2) is 4.98 Å². The number of amides is 1. The molecule has 4 rings (SSSR count). The summed E-state index contributed by atoms with van der Waals surface area (Å²) in [6, 6.07) is 12.7. The second-order valence-corrected chi connectivity index (χ2v) is 7.85. The lowest BCUT2D eigenvalue weighted by Crippen LogP contribution is -2.36. The van der Waals surface area contributed by atoms with Crippen molar-refractivity contribution in [3.63, 3.8) is 0 Å². The van der Waals surface area contributed by atoms with Gasteiger partial charge in [-0.1, -0.05) is 6.58 Å². The molecule has 0 unspecified atom stereocenters. The molecule has 2 aromatic carbocycles. The van der Waals surface area contributed by atoms with Crippen molar-refractivity contribution in [3.8, 4) is 11.5 Å². The number of carbonyl (C=O) groups is 2. The van der Waals surface area contributed by atoms with Crippen LogP contribution < -0.4 is 25.0 Å². The topological polar surface area (TPSA) is 115 Å². The van der Waals surface area contributed by atoms with Gasteiger partial charge < -0.3 is 29.7 Å². The molecule has 2 heterocycles. The van der Waals surface area contributed by atoms with E-state index in [0.717, 1.165) is 5.69 Å². The van der Waals surface area contributed by atoms with E-state index in [0.29, 0.717) is 66.6 Å². The summed E-state index contributed by atoms with van der Waals surface area (Å²) >= 11 is 0. The van der Waals surface area contributed by atoms with Crippen LogP contribution in [0.1, 0.15) is 17.3 Å². The second kappa shape index (κ2) is 11.3. The highest BCUT2D eigenvalue weighted by atomic mass is 16.5. The highest BCUT2D eigenvalue weighted by molar-refractivity contribution is 6.03. The molecule has 2 N–H and O–H groups in total. The summed E-state index contributed by atoms with van der Waals surface area (Å²) in [6.07, 6.45) is 2.74. The van der Waals surface area contributed by atoms with E-state index in [1.54, 1.807) is 30.2 Å². The molecule has 0 bridgehead atoms. The van der Waals surface area contributed by atoms with Crippen LogP contribution in [0.4, 0.5) is 28.8 Å². The van der Waals surface area contributed by atoms with Crippen LogP contribution >= 0.6 is 0 Å². The Kier molecular flexibility index (Phi) is 7.76. The van der Waals surface area contributed by atoms with Crippen LogP contribution in [0.25, 0.3) is 0 Å². The minimum atomic E-state index is -0.218. The fraction of sp³-hybridized carbons (Fsp3) is 0.231. The number of ether oxygens (including phenoxy) is 3. The minimum Gasteiger partial charge on any atom is -0.491 e. The minimum absolute atomic E-state index is 0.189. The Bertz CT molecular complexity index is 1260. The van der Waals surface area contributed by atoms with Gasteiger partial charge in [-0.15, -0.1) is 0 Å². The third kappa shape index (κ3) is 5.78. The summed E-state index contributed by atoms with van der Waals surface area (Å²) in [7, 11) is 1.62. The highest BCUT2D eigenvalue weighted by Gasteiger charge is 2.23. The molecule has 0 saturated heterocycles. The SMILES string of the molecule is C=CC(=O)N1CCOc2ccc(Nc3nc(Nc4ccc(OCCOC)cc4)ncc3C(C)=O)cc21. The molecule has 10 nitrogen and oxygen atoms in total. The first-order chi connectivity index (χ1) is 17.5. The third-order valence-electron chi connectivity index (χ3n) is 5.36. The molecule has 10 heteroatoms. The number of carbonyl (C=O) groups excluding carboxylic acids is 2. The van der Waals surface area contributed by atoms with Crippen molar-refractivity contribution in [2.75, 3.05) is 49.0 Å². The van der Waals surface area contributed by atoms with Crippen molar-refractivity contribution in [2.24, 2.45) is 0 Å². The molecule has 0 spiro atoms. The van der Waals surface area contributed by atoms with Gasteiger partial charge >= 0.3 is 0 Å². The first kappa shape index (κ1) is 24.7. The van der Waals surface area contributed by atoms with E-state index < -0.39 is 0 Å². The van der Waals surface area contributed by atoms with Gasteiger partial charge in [0.2, 0.25) is 5.95 Å². The molecule has 3 aromatic rings. The van der Waals surface area contributed by atoms with Crippen molar-refractivity contribution < 1.29 is 23.8 Å². The smallest absolute Gasteiger partial charge is 0.250 e. The number of nitrogens with one attached hydrogen (secondary N) is 2. The molecule has 0 aliphatic carbocycles. The number of methoxy groups -OCH3 is 1. The Morgan fingerprint density at radius 1 is 1.14 bits per heavy atom. The molecule has 1 aliphatic heterocycles. The summed E-state index contributed by atoms with van der Waals surface area (Å²) < 4.78 is 16.2. The Balaban J connectivity index is 1.56. The van der Waals surface area contributed by atoms with Gasteiger partial charge in [-0.3, -0.25) is 9.59 Å². The first-order valence-corrected chi connectivity index (χ1v) is 11.3. The summed E-state index contributed by atoms with van der Waals surface area (Å²) in [4.78, 5) is 34.9. The van der Waals surface area contributed by atoms with Crippen LogP contribution in [0.15, 0.2) is 61.3 Å². The first-order valence-electron chi connectivity index (χ1n) is 11.3. The maximum atomic E-state index is 12.3. The van der Waals surface area contributed by atoms with E-state index in [-0.39, 0.29) is 11.7 Å². The summed E-state index contributed by atoms with van der Waals surface area (Å²) in [5.74, 6) is 1.54. The van der Waals surface area contributed by atoms with E-state index in [9.17, 15) is 9.59 Å². The third-order valence-corrected chi connectivity index (χ3v) is 5.36. The van der Waals surface area contributed by atoms with Crippen LogP contribution in [0, 0.1) is 0 Å². The van der Waals surface area contributed by atoms with E-state index >= 15 is 0 Å². The van der Waals surface area contributed by atoms with Crippen LogP contribution in [0.2, 0.25) is 0 Å². The number of benzene rings is 2. The molecule has 36 heavy (non-hydrogen) atoms. The largest absolute Gasteiger partial charge is 0.491 e. The van der Waals surface area contributed by atoms with Gasteiger partial charge in [0.15, 0.2) is 5.78 Å². The number of Topliss-reactive ketones (excluding diaryl/α,β-unsaturated/α-hetero) is 1. The zero-order chi connectivity index (χ0) is 25.5. The molecule has 0 fully saturated rings. The van der Waals surface area contributed by atoms with Crippen molar-refractivity contribution in [1.82, 2.24) is 9.97 Å². The Labute approximate surface area is 208 Å². The van der Waals surface area contributed by atoms with Gasteiger partial charge in [-0.2, -0.15) is 4.98 Å². The van der Waals surface area contributed by atoms with Crippen LogP contribution in [0.5, 0.6) is 11.5 Å². The summed E-state index contributed by atoms with van der Waals surface area (Å²) in [5, 5.41) is 6.31. The van der Waals surface area contributed by atoms with Crippen LogP contribution in [-0.2, 0) is 9.53 Å². The van der Waals surface area contributed by atoms with E-state index in [1.165, 1.54) is 19.2 Å². The Hall–Kier alpha value is -4.44. The van der Waals surface area contributed by atoms with Crippen molar-refractivity contribution >= 4 is 40.5 Å². The lowest BCUT2D eigenvalue weighted by atomic mass is 10.2. The second-order valence-electron chi connectivity index (χ2n) is 7.85. The number of anilines is 5. The number of aromatic nitrogens is 2. The lowest BCUT2D eigenvalue weighted by Gasteiger charge is -2.29. The van der Waals surface area contributed by atoms with Crippen molar-refractivity contribution in [1.29, 1.82) is 0 Å². The zero-order valence-electron chi connectivity index (χ0n) is 20.1. The molecule has 0 saturated carbocycles. The quantitative estimate of drug-likeness (QED) is 0.247. The van der Waals surface area contributed by atoms with Gasteiger partial charge in [0.25, 0.3) is 5.91 Å². The van der Waals surface area contributed by atoms with E-state index in [1.807, 2.05) is 24.3 Å². The summed E-state index contributed by atoms with van der Waals surface area (Å²) in [6.45, 7) is 6.80. The highest BCUT2D eigenvalue weighted by Crippen LogP contribution is 2.35. The number of hydrogen-bond donors (Lipinski definition) is 2. The predicted molar refractivity (Wildman–Crippen MR) is 137 cm³/mol. The Morgan fingerprint density at radius 3 is 2.64 bits per heavy atom. The fourth-order valence-electron chi connectivity index (χ4n) is 3.57. The average Bonchev–Trinajstić information content (AvgIpc) is 2.89. The normalized spacial score (nSPS) is 12.2. The molecule has 1 aliphatic rings. The maximum Gasteiger partial charge on any atom is 0.250 e. The van der Waals surface area contributed by atoms with E-state index in [2.05, 4.69) is 27.2 Å². The van der Waals surface area contributed by atoms with Crippen LogP contribution in [0.3, 0.4) is 0 Å². The number of hydrogen-bond acceptors (Lipinski definition) is 9. The summed E-state index contributed by atoms with van der Waals surface area (Å²) in [5.41, 5.74) is 2.32. The van der Waals surface area contributed by atoms with Crippen LogP contribution in [-0.4, -0.2) is 55.1 Å². The van der Waals surface area contributed by atoms with Gasteiger partial charge in [0, 0.05) is 24.7 Å². The predicted octanol–water partition coefficient (Wildman–Crippen LogP) is 4.10. The lowest BCUT2D eigenvalue weighted by molar-refractivity contribution is -0.114. The van der Waals surface area contributed by atoms with Gasteiger partial charge in [0.05, 0.1) is 24.4 Å². The Morgan fingerprint density at radius 2 is 1.92 bits per heavy atom. The molecular weight excluding hydrogens is 462 g/mol. The molecule has 0 radical (unpaired) electrons. The zero-order valence-corrected chi connectivity index (χ0v) is 20.1. The van der Waals surface area contributed by atoms with Crippen molar-refractivity contribution in [3.05, 3.63) is 66.9 Å². The fourth-order valence-corrected chi connectivity index (χ4v) is 3.57. The number of nitrogens with zero attached hydrogens (tertiary/aromatic N) is 3.